The summed E-state index contributed by atoms with van der Waals surface area (Å²) >= 11 is 0. The molecule has 1 saturated heterocycles. The van der Waals surface area contributed by atoms with Gasteiger partial charge in [-0.3, -0.25) is 4.98 Å². The van der Waals surface area contributed by atoms with Gasteiger partial charge >= 0.3 is 0 Å². The van der Waals surface area contributed by atoms with E-state index in [-0.39, 0.29) is 6.04 Å². The van der Waals surface area contributed by atoms with Crippen LogP contribution in [0.3, 0.4) is 0 Å². The molecule has 0 amide bonds. The van der Waals surface area contributed by atoms with Crippen LogP contribution in [0.5, 0.6) is 0 Å². The van der Waals surface area contributed by atoms with Crippen molar-refractivity contribution in [1.82, 2.24) is 4.98 Å². The minimum atomic E-state index is 0.0210. The van der Waals surface area contributed by atoms with Crippen molar-refractivity contribution in [2.75, 3.05) is 18.0 Å². The van der Waals surface area contributed by atoms with Gasteiger partial charge in [0.15, 0.2) is 0 Å². The predicted molar refractivity (Wildman–Crippen MR) is 76.7 cm³/mol. The van der Waals surface area contributed by atoms with E-state index in [1.165, 1.54) is 31.4 Å². The van der Waals surface area contributed by atoms with Crippen molar-refractivity contribution in [2.45, 2.75) is 45.6 Å². The van der Waals surface area contributed by atoms with Crippen LogP contribution in [0, 0.1) is 5.92 Å². The Morgan fingerprint density at radius 3 is 2.83 bits per heavy atom. The zero-order valence-corrected chi connectivity index (χ0v) is 11.6. The fourth-order valence-electron chi connectivity index (χ4n) is 2.69. The van der Waals surface area contributed by atoms with E-state index in [1.54, 1.807) is 0 Å². The molecule has 3 heteroatoms. The van der Waals surface area contributed by atoms with Crippen LogP contribution < -0.4 is 10.6 Å². The Bertz CT molecular complexity index is 359. The van der Waals surface area contributed by atoms with Crippen LogP contribution in [0.4, 0.5) is 5.69 Å². The number of hydrogen-bond acceptors (Lipinski definition) is 3. The van der Waals surface area contributed by atoms with E-state index in [2.05, 4.69) is 28.9 Å². The van der Waals surface area contributed by atoms with Crippen molar-refractivity contribution in [1.29, 1.82) is 0 Å². The van der Waals surface area contributed by atoms with Gasteiger partial charge in [0, 0.05) is 19.1 Å². The Morgan fingerprint density at radius 2 is 2.22 bits per heavy atom. The molecule has 0 saturated carbocycles. The summed E-state index contributed by atoms with van der Waals surface area (Å²) in [5.74, 6) is 0.909. The molecule has 2 rings (SSSR count). The Hall–Kier alpha value is -1.09. The third-order valence-corrected chi connectivity index (χ3v) is 4.03. The van der Waals surface area contributed by atoms with Gasteiger partial charge in [0.25, 0.3) is 0 Å². The molecular weight excluding hydrogens is 222 g/mol. The summed E-state index contributed by atoms with van der Waals surface area (Å²) in [5.41, 5.74) is 8.05. The number of rotatable bonds is 3. The van der Waals surface area contributed by atoms with Crippen LogP contribution in [0.2, 0.25) is 0 Å². The lowest BCUT2D eigenvalue weighted by Gasteiger charge is -2.22. The predicted octanol–water partition coefficient (Wildman–Crippen LogP) is 3.12. The lowest BCUT2D eigenvalue weighted by Crippen LogP contribution is -2.24. The van der Waals surface area contributed by atoms with Crippen LogP contribution in [0.15, 0.2) is 18.3 Å². The number of nitrogens with zero attached hydrogens (tertiary/aromatic N) is 2. The smallest absolute Gasteiger partial charge is 0.0569 e. The fourth-order valence-corrected chi connectivity index (χ4v) is 2.69. The molecule has 1 fully saturated rings. The molecule has 0 bridgehead atoms. The van der Waals surface area contributed by atoms with Gasteiger partial charge in [-0.15, -0.1) is 0 Å². The first-order valence-corrected chi connectivity index (χ1v) is 7.17. The number of aromatic nitrogens is 1. The van der Waals surface area contributed by atoms with Crippen molar-refractivity contribution in [3.05, 3.63) is 24.0 Å². The van der Waals surface area contributed by atoms with Crippen molar-refractivity contribution in [3.63, 3.8) is 0 Å². The lowest BCUT2D eigenvalue weighted by molar-refractivity contribution is 0.459. The molecule has 100 valence electrons. The second-order valence-electron chi connectivity index (χ2n) is 5.42. The van der Waals surface area contributed by atoms with Gasteiger partial charge in [-0.1, -0.05) is 13.3 Å². The SMILES string of the molecule is CCC1CCCN(c2ccc([C@H](C)N)nc2)CC1. The van der Waals surface area contributed by atoms with Crippen LogP contribution in [-0.4, -0.2) is 18.1 Å². The van der Waals surface area contributed by atoms with Gasteiger partial charge < -0.3 is 10.6 Å². The van der Waals surface area contributed by atoms with E-state index in [1.807, 2.05) is 13.1 Å². The highest BCUT2D eigenvalue weighted by Gasteiger charge is 2.16. The first kappa shape index (κ1) is 13.3. The molecule has 1 aliphatic heterocycles. The molecule has 1 aromatic rings. The molecule has 2 N–H and O–H groups in total. The van der Waals surface area contributed by atoms with Crippen LogP contribution in [-0.2, 0) is 0 Å². The van der Waals surface area contributed by atoms with E-state index in [4.69, 9.17) is 5.73 Å². The summed E-state index contributed by atoms with van der Waals surface area (Å²) < 4.78 is 0. The summed E-state index contributed by atoms with van der Waals surface area (Å²) in [6.45, 7) is 6.60. The zero-order valence-electron chi connectivity index (χ0n) is 11.6. The summed E-state index contributed by atoms with van der Waals surface area (Å²) in [7, 11) is 0. The number of pyridine rings is 1. The first-order valence-electron chi connectivity index (χ1n) is 7.17. The maximum absolute atomic E-state index is 5.83. The van der Waals surface area contributed by atoms with E-state index in [9.17, 15) is 0 Å². The highest BCUT2D eigenvalue weighted by molar-refractivity contribution is 5.44. The third-order valence-electron chi connectivity index (χ3n) is 4.03. The normalized spacial score (nSPS) is 22.6. The average Bonchev–Trinajstić information content (AvgIpc) is 2.64. The third kappa shape index (κ3) is 3.22. The Kier molecular flexibility index (Phi) is 4.59. The molecule has 1 aromatic heterocycles. The summed E-state index contributed by atoms with van der Waals surface area (Å²) in [5, 5.41) is 0. The number of anilines is 1. The Balaban J connectivity index is 2.02. The van der Waals surface area contributed by atoms with Crippen LogP contribution in [0.1, 0.15) is 51.3 Å². The van der Waals surface area contributed by atoms with Crippen molar-refractivity contribution in [3.8, 4) is 0 Å². The molecule has 3 nitrogen and oxygen atoms in total. The molecular formula is C15H25N3. The van der Waals surface area contributed by atoms with E-state index in [0.29, 0.717) is 0 Å². The Morgan fingerprint density at radius 1 is 1.39 bits per heavy atom. The highest BCUT2D eigenvalue weighted by atomic mass is 15.1. The van der Waals surface area contributed by atoms with Crippen molar-refractivity contribution < 1.29 is 0 Å². The average molecular weight is 247 g/mol. The summed E-state index contributed by atoms with van der Waals surface area (Å²) in [6, 6.07) is 4.24. The van der Waals surface area contributed by atoms with Gasteiger partial charge in [-0.25, -0.2) is 0 Å². The summed E-state index contributed by atoms with van der Waals surface area (Å²) in [4.78, 5) is 6.92. The molecule has 2 heterocycles. The zero-order chi connectivity index (χ0) is 13.0. The molecule has 0 spiro atoms. The molecule has 0 aromatic carbocycles. The molecule has 1 unspecified atom stereocenters. The second-order valence-corrected chi connectivity index (χ2v) is 5.42. The maximum Gasteiger partial charge on any atom is 0.0569 e. The van der Waals surface area contributed by atoms with Crippen LogP contribution in [0.25, 0.3) is 0 Å². The minimum Gasteiger partial charge on any atom is -0.370 e. The number of hydrogen-bond donors (Lipinski definition) is 1. The topological polar surface area (TPSA) is 42.1 Å². The quantitative estimate of drug-likeness (QED) is 0.892. The van der Waals surface area contributed by atoms with Crippen molar-refractivity contribution in [2.24, 2.45) is 11.7 Å². The molecule has 18 heavy (non-hydrogen) atoms. The standard InChI is InChI=1S/C15H25N3/c1-3-13-5-4-9-18(10-8-13)14-6-7-15(12(2)16)17-11-14/h6-7,11-13H,3-5,8-10,16H2,1-2H3/t12-,13?/m0/s1. The molecule has 2 atom stereocenters. The fraction of sp³-hybridized carbons (Fsp3) is 0.667. The first-order chi connectivity index (χ1) is 8.70. The van der Waals surface area contributed by atoms with Gasteiger partial charge in [-0.2, -0.15) is 0 Å². The number of nitrogens with two attached hydrogens (primary N) is 1. The van der Waals surface area contributed by atoms with E-state index in [0.717, 1.165) is 24.7 Å². The van der Waals surface area contributed by atoms with Gasteiger partial charge in [0.2, 0.25) is 0 Å². The van der Waals surface area contributed by atoms with Crippen molar-refractivity contribution >= 4 is 5.69 Å². The summed E-state index contributed by atoms with van der Waals surface area (Å²) in [6.07, 6.45) is 7.28. The van der Waals surface area contributed by atoms with Gasteiger partial charge in [-0.05, 0) is 44.2 Å². The largest absolute Gasteiger partial charge is 0.370 e. The maximum atomic E-state index is 5.83. The second kappa shape index (κ2) is 6.19. The van der Waals surface area contributed by atoms with E-state index < -0.39 is 0 Å². The molecule has 0 aliphatic carbocycles. The lowest BCUT2D eigenvalue weighted by atomic mass is 9.98. The van der Waals surface area contributed by atoms with Gasteiger partial charge in [0.1, 0.15) is 0 Å². The minimum absolute atomic E-state index is 0.0210. The van der Waals surface area contributed by atoms with E-state index >= 15 is 0 Å². The molecule has 1 aliphatic rings. The monoisotopic (exact) mass is 247 g/mol. The van der Waals surface area contributed by atoms with Gasteiger partial charge in [0.05, 0.1) is 17.6 Å². The molecule has 0 radical (unpaired) electrons. The highest BCUT2D eigenvalue weighted by Crippen LogP contribution is 2.24. The van der Waals surface area contributed by atoms with Crippen LogP contribution >= 0.6 is 0 Å². The Labute approximate surface area is 110 Å².